The lowest BCUT2D eigenvalue weighted by Crippen LogP contribution is -2.24. The van der Waals surface area contributed by atoms with E-state index in [1.807, 2.05) is 0 Å². The normalized spacial score (nSPS) is 13.3. The van der Waals surface area contributed by atoms with Gasteiger partial charge in [0.25, 0.3) is 0 Å². The van der Waals surface area contributed by atoms with Crippen molar-refractivity contribution in [2.75, 3.05) is 6.79 Å². The summed E-state index contributed by atoms with van der Waals surface area (Å²) < 4.78 is 76.1. The molecule has 2 aromatic carbocycles. The number of sulfonamides is 1. The Hall–Kier alpha value is -2.26. The minimum Gasteiger partial charge on any atom is -0.454 e. The predicted molar refractivity (Wildman–Crippen MR) is 72.9 cm³/mol. The fraction of sp³-hybridized carbons (Fsp3) is 0.143. The smallest absolute Gasteiger partial charge is 0.243 e. The van der Waals surface area contributed by atoms with Gasteiger partial charge < -0.3 is 9.47 Å². The molecule has 2 aromatic rings. The first-order chi connectivity index (χ1) is 10.9. The van der Waals surface area contributed by atoms with E-state index in [4.69, 9.17) is 9.47 Å². The van der Waals surface area contributed by atoms with Gasteiger partial charge in [0, 0.05) is 6.54 Å². The van der Waals surface area contributed by atoms with Gasteiger partial charge in [-0.05, 0) is 29.8 Å². The molecule has 0 radical (unpaired) electrons. The lowest BCUT2D eigenvalue weighted by atomic mass is 10.2. The Bertz CT molecular complexity index is 871. The van der Waals surface area contributed by atoms with Crippen LogP contribution in [0.3, 0.4) is 0 Å². The molecule has 0 atom stereocenters. The average Bonchev–Trinajstić information content (AvgIpc) is 2.98. The molecular formula is C14H10F3NO4S. The molecule has 1 heterocycles. The molecule has 0 spiro atoms. The molecule has 0 aliphatic carbocycles. The van der Waals surface area contributed by atoms with Gasteiger partial charge in [-0.1, -0.05) is 6.07 Å². The fourth-order valence-corrected chi connectivity index (χ4v) is 3.11. The van der Waals surface area contributed by atoms with Crippen LogP contribution in [-0.2, 0) is 16.6 Å². The first-order valence-corrected chi connectivity index (χ1v) is 7.88. The van der Waals surface area contributed by atoms with Gasteiger partial charge in [0.15, 0.2) is 29.0 Å². The highest BCUT2D eigenvalue weighted by Gasteiger charge is 2.24. The Morgan fingerprint density at radius 3 is 2.52 bits per heavy atom. The molecule has 0 aromatic heterocycles. The van der Waals surface area contributed by atoms with Crippen LogP contribution in [0.1, 0.15) is 5.56 Å². The first-order valence-electron chi connectivity index (χ1n) is 6.40. The standard InChI is InChI=1S/C14H10F3NO4S/c15-9-2-4-12(14(17)13(9)16)23(19,20)18-6-8-1-3-10-11(5-8)22-7-21-10/h1-5,18H,6-7H2. The van der Waals surface area contributed by atoms with E-state index in [9.17, 15) is 21.6 Å². The molecule has 5 nitrogen and oxygen atoms in total. The molecule has 3 rings (SSSR count). The van der Waals surface area contributed by atoms with Crippen molar-refractivity contribution < 1.29 is 31.1 Å². The van der Waals surface area contributed by atoms with Gasteiger partial charge in [-0.25, -0.2) is 26.3 Å². The van der Waals surface area contributed by atoms with Gasteiger partial charge in [-0.2, -0.15) is 0 Å². The second kappa shape index (κ2) is 5.74. The van der Waals surface area contributed by atoms with Gasteiger partial charge in [0.05, 0.1) is 0 Å². The number of hydrogen-bond acceptors (Lipinski definition) is 4. The third kappa shape index (κ3) is 2.97. The maximum atomic E-state index is 13.6. The molecule has 1 aliphatic rings. The Balaban J connectivity index is 1.81. The van der Waals surface area contributed by atoms with E-state index >= 15 is 0 Å². The van der Waals surface area contributed by atoms with Crippen molar-refractivity contribution in [3.63, 3.8) is 0 Å². The summed E-state index contributed by atoms with van der Waals surface area (Å²) in [5.41, 5.74) is 0.529. The number of fused-ring (bicyclic) bond motifs is 1. The van der Waals surface area contributed by atoms with Gasteiger partial charge in [0.1, 0.15) is 4.90 Å². The molecule has 1 N–H and O–H groups in total. The predicted octanol–water partition coefficient (Wildman–Crippen LogP) is 2.31. The van der Waals surface area contributed by atoms with E-state index in [1.165, 1.54) is 0 Å². The monoisotopic (exact) mass is 345 g/mol. The molecule has 9 heteroatoms. The lowest BCUT2D eigenvalue weighted by Gasteiger charge is -2.09. The van der Waals surface area contributed by atoms with E-state index in [1.54, 1.807) is 18.2 Å². The third-order valence-corrected chi connectivity index (χ3v) is 4.61. The molecule has 0 saturated heterocycles. The summed E-state index contributed by atoms with van der Waals surface area (Å²) in [4.78, 5) is -0.961. The van der Waals surface area contributed by atoms with Crippen LogP contribution >= 0.6 is 0 Å². The second-order valence-corrected chi connectivity index (χ2v) is 6.42. The SMILES string of the molecule is O=S(=O)(NCc1ccc2c(c1)OCO2)c1ccc(F)c(F)c1F. The molecule has 0 amide bonds. The van der Waals surface area contributed by atoms with Crippen LogP contribution in [0, 0.1) is 17.5 Å². The van der Waals surface area contributed by atoms with Crippen molar-refractivity contribution >= 4 is 10.0 Å². The van der Waals surface area contributed by atoms with Crippen molar-refractivity contribution in [2.24, 2.45) is 0 Å². The number of nitrogens with one attached hydrogen (secondary N) is 1. The number of rotatable bonds is 4. The summed E-state index contributed by atoms with van der Waals surface area (Å²) in [6.07, 6.45) is 0. The van der Waals surface area contributed by atoms with Gasteiger partial charge in [-0.15, -0.1) is 0 Å². The van der Waals surface area contributed by atoms with Crippen molar-refractivity contribution in [1.29, 1.82) is 0 Å². The minimum atomic E-state index is -4.35. The first kappa shape index (κ1) is 15.6. The highest BCUT2D eigenvalue weighted by molar-refractivity contribution is 7.89. The largest absolute Gasteiger partial charge is 0.454 e. The van der Waals surface area contributed by atoms with Crippen LogP contribution in [0.2, 0.25) is 0 Å². The summed E-state index contributed by atoms with van der Waals surface area (Å²) in [6.45, 7) is -0.109. The molecule has 0 unspecified atom stereocenters. The zero-order chi connectivity index (χ0) is 16.6. The molecule has 0 saturated carbocycles. The Labute approximate surface area is 129 Å². The molecule has 0 fully saturated rings. The van der Waals surface area contributed by atoms with E-state index in [0.717, 1.165) is 0 Å². The molecular weight excluding hydrogens is 335 g/mol. The van der Waals surface area contributed by atoms with Gasteiger partial charge >= 0.3 is 0 Å². The van der Waals surface area contributed by atoms with Crippen molar-refractivity contribution in [1.82, 2.24) is 4.72 Å². The topological polar surface area (TPSA) is 64.6 Å². The van der Waals surface area contributed by atoms with Crippen molar-refractivity contribution in [3.8, 4) is 11.5 Å². The van der Waals surface area contributed by atoms with Crippen LogP contribution in [0.15, 0.2) is 35.2 Å². The summed E-state index contributed by atoms with van der Waals surface area (Å²) >= 11 is 0. The van der Waals surface area contributed by atoms with Crippen molar-refractivity contribution in [3.05, 3.63) is 53.3 Å². The molecule has 23 heavy (non-hydrogen) atoms. The number of benzene rings is 2. The lowest BCUT2D eigenvalue weighted by molar-refractivity contribution is 0.174. The summed E-state index contributed by atoms with van der Waals surface area (Å²) in [5, 5.41) is 0. The van der Waals surface area contributed by atoms with Crippen LogP contribution in [0.4, 0.5) is 13.2 Å². The summed E-state index contributed by atoms with van der Waals surface area (Å²) in [5.74, 6) is -4.07. The van der Waals surface area contributed by atoms with Gasteiger partial charge in [0.2, 0.25) is 16.8 Å². The van der Waals surface area contributed by atoms with E-state index in [-0.39, 0.29) is 13.3 Å². The Morgan fingerprint density at radius 1 is 1.00 bits per heavy atom. The van der Waals surface area contributed by atoms with E-state index in [0.29, 0.717) is 29.2 Å². The highest BCUT2D eigenvalue weighted by Crippen LogP contribution is 2.32. The third-order valence-electron chi connectivity index (χ3n) is 3.19. The van der Waals surface area contributed by atoms with E-state index in [2.05, 4.69) is 4.72 Å². The quantitative estimate of drug-likeness (QED) is 0.864. The van der Waals surface area contributed by atoms with Crippen LogP contribution < -0.4 is 14.2 Å². The fourth-order valence-electron chi connectivity index (χ4n) is 2.02. The minimum absolute atomic E-state index is 0.0740. The summed E-state index contributed by atoms with van der Waals surface area (Å²) in [6, 6.07) is 5.97. The Morgan fingerprint density at radius 2 is 1.74 bits per heavy atom. The zero-order valence-electron chi connectivity index (χ0n) is 11.5. The Kier molecular flexibility index (Phi) is 3.90. The molecule has 1 aliphatic heterocycles. The van der Waals surface area contributed by atoms with Crippen molar-refractivity contribution in [2.45, 2.75) is 11.4 Å². The number of hydrogen-bond donors (Lipinski definition) is 1. The summed E-state index contributed by atoms with van der Waals surface area (Å²) in [7, 11) is -4.35. The zero-order valence-corrected chi connectivity index (χ0v) is 12.3. The van der Waals surface area contributed by atoms with Crippen LogP contribution in [-0.4, -0.2) is 15.2 Å². The maximum Gasteiger partial charge on any atom is 0.243 e. The molecule has 122 valence electrons. The second-order valence-electron chi connectivity index (χ2n) is 4.69. The van der Waals surface area contributed by atoms with Crippen LogP contribution in [0.5, 0.6) is 11.5 Å². The van der Waals surface area contributed by atoms with Crippen LogP contribution in [0.25, 0.3) is 0 Å². The number of ether oxygens (including phenoxy) is 2. The van der Waals surface area contributed by atoms with E-state index < -0.39 is 32.4 Å². The van der Waals surface area contributed by atoms with Gasteiger partial charge in [-0.3, -0.25) is 0 Å². The number of halogens is 3. The molecule has 0 bridgehead atoms. The highest BCUT2D eigenvalue weighted by atomic mass is 32.2. The maximum absolute atomic E-state index is 13.6. The average molecular weight is 345 g/mol.